The number of esters is 1. The number of nitrogens with zero attached hydrogens (tertiary/aromatic N) is 1. The van der Waals surface area contributed by atoms with Gasteiger partial charge in [0.15, 0.2) is 6.61 Å². The van der Waals surface area contributed by atoms with Crippen molar-refractivity contribution in [3.8, 4) is 5.75 Å². The molecule has 1 aromatic rings. The highest BCUT2D eigenvalue weighted by molar-refractivity contribution is 7.88. The molecular formula is C20H24N2O8S. The molecule has 1 aliphatic heterocycles. The van der Waals surface area contributed by atoms with E-state index < -0.39 is 53.2 Å². The van der Waals surface area contributed by atoms with Gasteiger partial charge < -0.3 is 24.8 Å². The van der Waals surface area contributed by atoms with E-state index in [0.717, 1.165) is 4.90 Å². The zero-order valence-electron chi connectivity index (χ0n) is 17.1. The molecular weight excluding hydrogens is 428 g/mol. The highest BCUT2D eigenvalue weighted by atomic mass is 32.2. The maximum absolute atomic E-state index is 12.4. The molecule has 31 heavy (non-hydrogen) atoms. The van der Waals surface area contributed by atoms with Crippen LogP contribution in [0.1, 0.15) is 13.3 Å². The number of carbonyl (C=O) groups is 4. The summed E-state index contributed by atoms with van der Waals surface area (Å²) < 4.78 is 22.1. The second-order valence-electron chi connectivity index (χ2n) is 6.72. The molecule has 0 radical (unpaired) electrons. The van der Waals surface area contributed by atoms with Gasteiger partial charge in [0.05, 0.1) is 19.6 Å². The van der Waals surface area contributed by atoms with E-state index >= 15 is 0 Å². The fraction of sp³-hybridized carbons (Fsp3) is 0.400. The van der Waals surface area contributed by atoms with Gasteiger partial charge in [0.1, 0.15) is 18.3 Å². The summed E-state index contributed by atoms with van der Waals surface area (Å²) in [5.74, 6) is -2.33. The van der Waals surface area contributed by atoms with Crippen LogP contribution in [0.25, 0.3) is 0 Å². The minimum atomic E-state index is -1.54. The van der Waals surface area contributed by atoms with Crippen LogP contribution in [0.2, 0.25) is 0 Å². The number of methoxy groups -OCH3 is 1. The van der Waals surface area contributed by atoms with Crippen LogP contribution in [0.5, 0.6) is 5.75 Å². The van der Waals surface area contributed by atoms with Crippen molar-refractivity contribution in [2.45, 2.75) is 25.4 Å². The molecule has 10 nitrogen and oxygen atoms in total. The number of hydrogen-bond donors (Lipinski definition) is 2. The van der Waals surface area contributed by atoms with Gasteiger partial charge in [0.25, 0.3) is 5.91 Å². The summed E-state index contributed by atoms with van der Waals surface area (Å²) in [7, 11) is -0.314. The van der Waals surface area contributed by atoms with E-state index in [9.17, 15) is 23.4 Å². The highest BCUT2D eigenvalue weighted by Crippen LogP contribution is 2.27. The average molecular weight is 452 g/mol. The van der Waals surface area contributed by atoms with Crippen LogP contribution in [0.3, 0.4) is 0 Å². The van der Waals surface area contributed by atoms with E-state index in [4.69, 9.17) is 9.84 Å². The van der Waals surface area contributed by atoms with Crippen LogP contribution in [0.15, 0.2) is 41.3 Å². The lowest BCUT2D eigenvalue weighted by Gasteiger charge is -2.47. The molecule has 11 heteroatoms. The van der Waals surface area contributed by atoms with E-state index in [1.807, 2.05) is 0 Å². The molecule has 3 atom stereocenters. The zero-order chi connectivity index (χ0) is 23.0. The lowest BCUT2D eigenvalue weighted by Crippen LogP contribution is -2.72. The van der Waals surface area contributed by atoms with Crippen molar-refractivity contribution < 1.29 is 38.0 Å². The molecule has 0 aromatic heterocycles. The van der Waals surface area contributed by atoms with Gasteiger partial charge in [-0.1, -0.05) is 18.2 Å². The Bertz CT molecular complexity index is 886. The fourth-order valence-electron chi connectivity index (χ4n) is 3.02. The van der Waals surface area contributed by atoms with Crippen molar-refractivity contribution >= 4 is 34.6 Å². The van der Waals surface area contributed by atoms with Gasteiger partial charge in [-0.05, 0) is 24.6 Å². The van der Waals surface area contributed by atoms with E-state index in [1.165, 1.54) is 12.5 Å². The number of carboxylic acids is 1. The average Bonchev–Trinajstić information content (AvgIpc) is 2.75. The monoisotopic (exact) mass is 452 g/mol. The molecule has 0 bridgehead atoms. The maximum atomic E-state index is 12.4. The van der Waals surface area contributed by atoms with E-state index in [1.54, 1.807) is 37.3 Å². The summed E-state index contributed by atoms with van der Waals surface area (Å²) in [6, 6.07) is 6.87. The summed E-state index contributed by atoms with van der Waals surface area (Å²) in [5.41, 5.74) is 0.443. The minimum Gasteiger partial charge on any atom is -0.484 e. The zero-order valence-corrected chi connectivity index (χ0v) is 17.9. The number of carbonyl (C=O) groups excluding carboxylic acids is 3. The van der Waals surface area contributed by atoms with E-state index in [0.29, 0.717) is 11.3 Å². The largest absolute Gasteiger partial charge is 0.484 e. The number of carboxylic acid groups (broad SMARTS) is 1. The number of rotatable bonds is 11. The van der Waals surface area contributed by atoms with Crippen molar-refractivity contribution in [2.75, 3.05) is 26.0 Å². The quantitative estimate of drug-likeness (QED) is 0.355. The van der Waals surface area contributed by atoms with Crippen LogP contribution in [0, 0.1) is 0 Å². The Labute approximate surface area is 181 Å². The maximum Gasteiger partial charge on any atom is 0.323 e. The standard InChI is InChI=1S/C20H24N2O8S/c1-13(12-31(28)9-8-17(26)29-2)19-18(20(27)22(19)10-16(24)25)21-15(23)11-30-14-6-4-3-5-7-14/h3-7,12,18-19H,8-11H2,1-2H3,(H,21,23)(H,24,25). The lowest BCUT2D eigenvalue weighted by atomic mass is 9.89. The predicted octanol–water partition coefficient (Wildman–Crippen LogP) is 0.0612. The Morgan fingerprint density at radius 3 is 2.55 bits per heavy atom. The van der Waals surface area contributed by atoms with Crippen LogP contribution >= 0.6 is 0 Å². The smallest absolute Gasteiger partial charge is 0.323 e. The number of hydrogen-bond acceptors (Lipinski definition) is 7. The molecule has 2 N–H and O–H groups in total. The topological polar surface area (TPSA) is 139 Å². The molecule has 1 saturated heterocycles. The van der Waals surface area contributed by atoms with Crippen LogP contribution in [-0.2, 0) is 34.7 Å². The summed E-state index contributed by atoms with van der Waals surface area (Å²) in [6.45, 7) is 0.700. The molecule has 1 heterocycles. The molecule has 0 spiro atoms. The molecule has 1 fully saturated rings. The number of likely N-dealkylation sites (tertiary alicyclic amines) is 1. The van der Waals surface area contributed by atoms with E-state index in [-0.39, 0.29) is 18.8 Å². The Kier molecular flexibility index (Phi) is 8.74. The number of nitrogens with one attached hydrogen (secondary N) is 1. The lowest BCUT2D eigenvalue weighted by molar-refractivity contribution is -0.158. The number of para-hydroxylation sites is 1. The third kappa shape index (κ3) is 6.92. The first-order valence-electron chi connectivity index (χ1n) is 9.34. The second-order valence-corrected chi connectivity index (χ2v) is 8.13. The highest BCUT2D eigenvalue weighted by Gasteiger charge is 2.49. The first kappa shape index (κ1) is 24.1. The number of ether oxygens (including phenoxy) is 2. The first-order valence-corrected chi connectivity index (χ1v) is 10.7. The Morgan fingerprint density at radius 1 is 1.26 bits per heavy atom. The van der Waals surface area contributed by atoms with Gasteiger partial charge in [-0.15, -0.1) is 0 Å². The molecule has 1 aromatic carbocycles. The molecule has 168 valence electrons. The van der Waals surface area contributed by atoms with Crippen molar-refractivity contribution in [3.63, 3.8) is 0 Å². The number of β-lactam (4-membered cyclic amide) rings is 1. The van der Waals surface area contributed by atoms with Crippen LogP contribution in [-0.4, -0.2) is 76.1 Å². The van der Waals surface area contributed by atoms with Gasteiger partial charge in [0, 0.05) is 22.0 Å². The number of aliphatic carboxylic acids is 1. The predicted molar refractivity (Wildman–Crippen MR) is 110 cm³/mol. The minimum absolute atomic E-state index is 0.0194. The molecule has 1 aliphatic rings. The SMILES string of the molecule is COC(=O)CCS(=O)C=C(C)C1C(NC(=O)COc2ccccc2)C(=O)N1CC(=O)O. The van der Waals surface area contributed by atoms with Crippen molar-refractivity contribution in [1.29, 1.82) is 0 Å². The Hall–Kier alpha value is -3.21. The van der Waals surface area contributed by atoms with Gasteiger partial charge in [0.2, 0.25) is 5.91 Å². The van der Waals surface area contributed by atoms with Gasteiger partial charge in [-0.3, -0.25) is 23.4 Å². The third-order valence-corrected chi connectivity index (χ3v) is 5.70. The van der Waals surface area contributed by atoms with Gasteiger partial charge in [-0.2, -0.15) is 0 Å². The molecule has 3 unspecified atom stereocenters. The van der Waals surface area contributed by atoms with Crippen LogP contribution < -0.4 is 10.1 Å². The molecule has 0 aliphatic carbocycles. The van der Waals surface area contributed by atoms with Crippen LogP contribution in [0.4, 0.5) is 0 Å². The Morgan fingerprint density at radius 2 is 1.94 bits per heavy atom. The van der Waals surface area contributed by atoms with Crippen molar-refractivity contribution in [2.24, 2.45) is 0 Å². The van der Waals surface area contributed by atoms with Crippen molar-refractivity contribution in [3.05, 3.63) is 41.3 Å². The van der Waals surface area contributed by atoms with Gasteiger partial charge >= 0.3 is 11.9 Å². The third-order valence-electron chi connectivity index (χ3n) is 4.45. The van der Waals surface area contributed by atoms with Gasteiger partial charge in [-0.25, -0.2) is 0 Å². The molecule has 2 rings (SSSR count). The van der Waals surface area contributed by atoms with Crippen molar-refractivity contribution in [1.82, 2.24) is 10.2 Å². The summed E-state index contributed by atoms with van der Waals surface area (Å²) in [4.78, 5) is 48.0. The normalized spacial score (nSPS) is 19.2. The fourth-order valence-corrected chi connectivity index (χ4v) is 4.06. The summed E-state index contributed by atoms with van der Waals surface area (Å²) in [6.07, 6.45) is -0.0493. The summed E-state index contributed by atoms with van der Waals surface area (Å²) in [5, 5.41) is 13.0. The van der Waals surface area contributed by atoms with E-state index in [2.05, 4.69) is 10.1 Å². The summed E-state index contributed by atoms with van der Waals surface area (Å²) >= 11 is 0. The second kappa shape index (κ2) is 11.3. The molecule has 0 saturated carbocycles. The Balaban J connectivity index is 2.04. The number of amides is 2. The first-order chi connectivity index (χ1) is 14.7. The number of benzene rings is 1. The molecule has 2 amide bonds.